The quantitative estimate of drug-likeness (QED) is 0.846. The molecular formula is C14H21N3O2S. The number of hydrogen-bond donors (Lipinski definition) is 2. The van der Waals surface area contributed by atoms with E-state index in [1.807, 2.05) is 4.72 Å². The maximum Gasteiger partial charge on any atom is 0.215 e. The highest BCUT2D eigenvalue weighted by Gasteiger charge is 2.11. The molecule has 0 aliphatic heterocycles. The van der Waals surface area contributed by atoms with E-state index in [0.29, 0.717) is 0 Å². The first-order valence-electron chi connectivity index (χ1n) is 10.3. The second-order valence-electron chi connectivity index (χ2n) is 4.21. The molecular weight excluding hydrogens is 274 g/mol. The first kappa shape index (κ1) is 7.06. The lowest BCUT2D eigenvalue weighted by Gasteiger charge is -2.08. The van der Waals surface area contributed by atoms with Gasteiger partial charge in [0.05, 0.1) is 11.2 Å². The van der Waals surface area contributed by atoms with Crippen LogP contribution >= 0.6 is 0 Å². The van der Waals surface area contributed by atoms with E-state index >= 15 is 0 Å². The molecule has 110 valence electrons. The number of nitrogens with one attached hydrogen (secondary N) is 2. The van der Waals surface area contributed by atoms with Gasteiger partial charge in [-0.25, -0.2) is 13.1 Å². The van der Waals surface area contributed by atoms with Crippen molar-refractivity contribution in [2.75, 3.05) is 27.6 Å². The van der Waals surface area contributed by atoms with Gasteiger partial charge in [-0.05, 0) is 50.7 Å². The van der Waals surface area contributed by atoms with Gasteiger partial charge in [0.25, 0.3) is 0 Å². The lowest BCUT2D eigenvalue weighted by Crippen LogP contribution is -2.20. The van der Waals surface area contributed by atoms with Gasteiger partial charge in [0, 0.05) is 30.5 Å². The fraction of sp³-hybridized carbons (Fsp3) is 0.429. The molecule has 0 atom stereocenters. The van der Waals surface area contributed by atoms with Crippen LogP contribution in [0.15, 0.2) is 24.3 Å². The van der Waals surface area contributed by atoms with Gasteiger partial charge < -0.3 is 9.88 Å². The molecule has 20 heavy (non-hydrogen) atoms. The molecule has 0 aliphatic carbocycles. The molecule has 2 N–H and O–H groups in total. The average molecular weight is 304 g/mol. The normalized spacial score (nSPS) is 20.2. The third-order valence-corrected chi connectivity index (χ3v) is 3.67. The predicted octanol–water partition coefficient (Wildman–Crippen LogP) is 1.32. The van der Waals surface area contributed by atoms with Crippen molar-refractivity contribution in [3.8, 4) is 0 Å². The zero-order chi connectivity index (χ0) is 22.5. The van der Waals surface area contributed by atoms with Gasteiger partial charge in [-0.3, -0.25) is 0 Å². The van der Waals surface area contributed by atoms with Crippen LogP contribution in [0.25, 0.3) is 10.9 Å². The lowest BCUT2D eigenvalue weighted by molar-refractivity contribution is 0.414. The Kier molecular flexibility index (Phi) is 2.10. The fourth-order valence-electron chi connectivity index (χ4n) is 1.63. The zero-order valence-corrected chi connectivity index (χ0v) is 11.9. The minimum absolute atomic E-state index is 0.0163. The Bertz CT molecular complexity index is 1050. The van der Waals surface area contributed by atoms with E-state index in [9.17, 15) is 8.42 Å². The highest BCUT2D eigenvalue weighted by atomic mass is 32.2. The number of likely N-dealkylation sites (N-methyl/N-ethyl adjacent to an activating group) is 1. The van der Waals surface area contributed by atoms with Crippen molar-refractivity contribution < 1.29 is 20.8 Å². The molecule has 1 heterocycles. The summed E-state index contributed by atoms with van der Waals surface area (Å²) in [5, 5.41) is -0.0693. The molecule has 1 aromatic carbocycles. The van der Waals surface area contributed by atoms with Gasteiger partial charge in [0.15, 0.2) is 0 Å². The lowest BCUT2D eigenvalue weighted by atomic mass is 10.1. The van der Waals surface area contributed by atoms with Gasteiger partial charge in [-0.1, -0.05) is 6.04 Å². The van der Waals surface area contributed by atoms with Crippen molar-refractivity contribution in [2.45, 2.75) is 12.1 Å². The van der Waals surface area contributed by atoms with Crippen LogP contribution in [0, 0.1) is 0 Å². The standard InChI is InChI=1S/C14H21N3O2S/c1-15-20(18,19)10-11-4-5-14-13(8-11)12(9-16-14)6-7-17(2)3/h4-5,8-9,15-16H,6-7,10H2,1-3H3/i2D3,4D,5D,8D,9D,10D2. The van der Waals surface area contributed by atoms with Crippen LogP contribution < -0.4 is 4.72 Å². The zero-order valence-electron chi connectivity index (χ0n) is 20.1. The molecule has 0 unspecified atom stereocenters. The van der Waals surface area contributed by atoms with Gasteiger partial charge in [0.2, 0.25) is 10.0 Å². The Morgan fingerprint density at radius 2 is 2.35 bits per heavy atom. The second-order valence-corrected chi connectivity index (χ2v) is 5.83. The maximum atomic E-state index is 12.2. The van der Waals surface area contributed by atoms with E-state index in [0.717, 1.165) is 11.9 Å². The summed E-state index contributed by atoms with van der Waals surface area (Å²) in [6.45, 7) is -2.40. The first-order chi connectivity index (χ1) is 13.1. The molecule has 0 bridgehead atoms. The third-order valence-electron chi connectivity index (χ3n) is 2.66. The van der Waals surface area contributed by atoms with Crippen LogP contribution in [-0.4, -0.2) is 45.9 Å². The average Bonchev–Trinajstić information content (AvgIpc) is 2.93. The van der Waals surface area contributed by atoms with Crippen molar-refractivity contribution in [3.63, 3.8) is 0 Å². The third kappa shape index (κ3) is 3.59. The van der Waals surface area contributed by atoms with Crippen LogP contribution in [0.1, 0.15) is 23.5 Å². The molecule has 0 amide bonds. The van der Waals surface area contributed by atoms with Crippen molar-refractivity contribution in [2.24, 2.45) is 0 Å². The first-order valence-corrected chi connectivity index (χ1v) is 7.32. The molecule has 0 spiro atoms. The molecule has 0 saturated heterocycles. The summed E-state index contributed by atoms with van der Waals surface area (Å²) in [4.78, 5) is 3.62. The molecule has 2 aromatic rings. The van der Waals surface area contributed by atoms with E-state index in [2.05, 4.69) is 4.98 Å². The van der Waals surface area contributed by atoms with E-state index in [1.54, 1.807) is 0 Å². The van der Waals surface area contributed by atoms with Gasteiger partial charge in [-0.2, -0.15) is 0 Å². The molecule has 0 radical (unpaired) electrons. The summed E-state index contributed by atoms with van der Waals surface area (Å²) in [5.74, 6) is 0. The van der Waals surface area contributed by atoms with E-state index in [4.69, 9.17) is 12.3 Å². The van der Waals surface area contributed by atoms with Crippen LogP contribution in [0.5, 0.6) is 0 Å². The number of sulfonamides is 1. The summed E-state index contributed by atoms with van der Waals surface area (Å²) < 4.78 is 97.0. The van der Waals surface area contributed by atoms with Crippen LogP contribution in [0.2, 0.25) is 0 Å². The van der Waals surface area contributed by atoms with Crippen LogP contribution in [-0.2, 0) is 22.1 Å². The molecule has 2 rings (SSSR count). The van der Waals surface area contributed by atoms with Crippen molar-refractivity contribution >= 4 is 20.9 Å². The largest absolute Gasteiger partial charge is 0.361 e. The second kappa shape index (κ2) is 5.95. The van der Waals surface area contributed by atoms with E-state index in [1.165, 1.54) is 7.05 Å². The smallest absolute Gasteiger partial charge is 0.215 e. The number of aromatic nitrogens is 1. The SMILES string of the molecule is [2H]c1[nH]c2c([2H])c([2H])c(C([2H])([2H])S(=O)(=O)NC)c([2H])c2c1CCN(C)C([2H])([2H])[2H]. The number of aromatic amines is 1. The molecule has 0 aliphatic rings. The van der Waals surface area contributed by atoms with E-state index in [-0.39, 0.29) is 35.6 Å². The summed E-state index contributed by atoms with van der Waals surface area (Å²) >= 11 is 0. The Morgan fingerprint density at radius 1 is 1.55 bits per heavy atom. The Hall–Kier alpha value is -1.37. The summed E-state index contributed by atoms with van der Waals surface area (Å²) in [7, 11) is -2.26. The van der Waals surface area contributed by atoms with E-state index < -0.39 is 46.4 Å². The number of nitrogens with zero attached hydrogens (tertiary/aromatic N) is 1. The molecule has 1 aromatic heterocycles. The Morgan fingerprint density at radius 3 is 3.05 bits per heavy atom. The number of rotatable bonds is 6. The van der Waals surface area contributed by atoms with Crippen LogP contribution in [0.3, 0.4) is 0 Å². The highest BCUT2D eigenvalue weighted by Crippen LogP contribution is 2.21. The number of fused-ring (bicyclic) bond motifs is 1. The Balaban J connectivity index is 2.76. The van der Waals surface area contributed by atoms with Gasteiger partial charge >= 0.3 is 0 Å². The number of hydrogen-bond acceptors (Lipinski definition) is 3. The molecule has 6 heteroatoms. The van der Waals surface area contributed by atoms with Crippen molar-refractivity contribution in [3.05, 3.63) is 35.4 Å². The van der Waals surface area contributed by atoms with Crippen molar-refractivity contribution in [1.82, 2.24) is 14.6 Å². The topological polar surface area (TPSA) is 65.2 Å². The molecule has 0 saturated carbocycles. The summed E-state index contributed by atoms with van der Waals surface area (Å²) in [5.41, 5.74) is -3.91. The summed E-state index contributed by atoms with van der Waals surface area (Å²) in [6, 6.07) is -1.96. The number of benzene rings is 1. The number of H-pyrrole nitrogens is 1. The molecule has 0 fully saturated rings. The minimum Gasteiger partial charge on any atom is -0.361 e. The van der Waals surface area contributed by atoms with Gasteiger partial charge in [-0.15, -0.1) is 0 Å². The minimum atomic E-state index is -4.61. The van der Waals surface area contributed by atoms with Gasteiger partial charge in [0.1, 0.15) is 0 Å². The fourth-order valence-corrected chi connectivity index (χ4v) is 2.10. The Labute approximate surface area is 132 Å². The summed E-state index contributed by atoms with van der Waals surface area (Å²) in [6.07, 6.45) is -0.230. The predicted molar refractivity (Wildman–Crippen MR) is 82.2 cm³/mol. The van der Waals surface area contributed by atoms with Crippen LogP contribution in [0.4, 0.5) is 0 Å². The monoisotopic (exact) mass is 304 g/mol. The molecule has 5 nitrogen and oxygen atoms in total. The maximum absolute atomic E-state index is 12.2. The highest BCUT2D eigenvalue weighted by molar-refractivity contribution is 7.88. The van der Waals surface area contributed by atoms with Crippen molar-refractivity contribution in [1.29, 1.82) is 0 Å².